The van der Waals surface area contributed by atoms with Crippen molar-refractivity contribution in [1.82, 2.24) is 5.23 Å². The molecule has 8 nitrogen and oxygen atoms in total. The predicted molar refractivity (Wildman–Crippen MR) is 96.3 cm³/mol. The van der Waals surface area contributed by atoms with E-state index >= 15 is 0 Å². The number of carbonyl (C=O) groups is 2. The van der Waals surface area contributed by atoms with Crippen molar-refractivity contribution in [3.05, 3.63) is 23.8 Å². The van der Waals surface area contributed by atoms with Gasteiger partial charge in [-0.15, -0.1) is 0 Å². The molecule has 26 heavy (non-hydrogen) atoms. The van der Waals surface area contributed by atoms with Crippen LogP contribution in [0.15, 0.2) is 18.2 Å². The maximum Gasteiger partial charge on any atom is 0.331 e. The van der Waals surface area contributed by atoms with Gasteiger partial charge < -0.3 is 15.0 Å². The molecule has 0 spiro atoms. The van der Waals surface area contributed by atoms with Gasteiger partial charge in [0, 0.05) is 24.3 Å². The van der Waals surface area contributed by atoms with E-state index in [0.717, 1.165) is 16.9 Å². The van der Waals surface area contributed by atoms with Crippen LogP contribution >= 0.6 is 0 Å². The predicted octanol–water partition coefficient (Wildman–Crippen LogP) is 2.19. The molecule has 0 fully saturated rings. The third-order valence-corrected chi connectivity index (χ3v) is 4.91. The second-order valence-corrected chi connectivity index (χ2v) is 6.48. The van der Waals surface area contributed by atoms with Crippen LogP contribution in [0, 0.1) is 0 Å². The summed E-state index contributed by atoms with van der Waals surface area (Å²) >= 11 is 0. The Hall–Kier alpha value is -2.16. The summed E-state index contributed by atoms with van der Waals surface area (Å²) in [4.78, 5) is 25.8. The Bertz CT molecular complexity index is 664. The lowest BCUT2D eigenvalue weighted by atomic mass is 10.00. The van der Waals surface area contributed by atoms with Crippen LogP contribution in [-0.4, -0.2) is 52.8 Å². The van der Waals surface area contributed by atoms with Gasteiger partial charge in [-0.1, -0.05) is 18.2 Å². The van der Waals surface area contributed by atoms with E-state index in [4.69, 9.17) is 4.74 Å². The first-order valence-corrected chi connectivity index (χ1v) is 8.85. The van der Waals surface area contributed by atoms with Crippen LogP contribution in [0.3, 0.4) is 0 Å². The molecule has 8 heteroatoms. The molecule has 2 rings (SSSR count). The maximum absolute atomic E-state index is 12.2. The molecule has 0 unspecified atom stereocenters. The molecule has 1 aromatic rings. The van der Waals surface area contributed by atoms with Crippen molar-refractivity contribution in [3.63, 3.8) is 0 Å². The van der Waals surface area contributed by atoms with Crippen LogP contribution < -0.4 is 10.2 Å². The first-order valence-electron chi connectivity index (χ1n) is 8.85. The average molecular weight is 365 g/mol. The fourth-order valence-electron chi connectivity index (χ4n) is 2.92. The normalized spacial score (nSPS) is 15.8. The van der Waals surface area contributed by atoms with E-state index < -0.39 is 11.5 Å². The Morgan fingerprint density at radius 1 is 1.31 bits per heavy atom. The van der Waals surface area contributed by atoms with E-state index in [2.05, 4.69) is 10.2 Å². The molecule has 0 bridgehead atoms. The van der Waals surface area contributed by atoms with E-state index in [1.54, 1.807) is 6.92 Å². The minimum absolute atomic E-state index is 0.0167. The Morgan fingerprint density at radius 2 is 2.04 bits per heavy atom. The highest BCUT2D eigenvalue weighted by molar-refractivity contribution is 5.95. The molecule has 144 valence electrons. The number of anilines is 2. The van der Waals surface area contributed by atoms with Crippen molar-refractivity contribution in [1.29, 1.82) is 0 Å². The Balaban J connectivity index is 2.04. The molecule has 1 aliphatic heterocycles. The molecule has 0 aromatic heterocycles. The number of amides is 1. The molecule has 0 aliphatic carbocycles. The van der Waals surface area contributed by atoms with Crippen molar-refractivity contribution in [2.24, 2.45) is 0 Å². The molecule has 1 aromatic carbocycles. The first-order chi connectivity index (χ1) is 12.3. The van der Waals surface area contributed by atoms with Crippen LogP contribution in [0.1, 0.15) is 39.2 Å². The molecule has 0 saturated heterocycles. The van der Waals surface area contributed by atoms with Gasteiger partial charge in [0.2, 0.25) is 5.91 Å². The lowest BCUT2D eigenvalue weighted by Gasteiger charge is -2.31. The molecule has 0 saturated carbocycles. The largest absolute Gasteiger partial charge is 0.462 e. The summed E-state index contributed by atoms with van der Waals surface area (Å²) in [5.74, 6) is -0.675. The molecule has 1 heterocycles. The van der Waals surface area contributed by atoms with Crippen molar-refractivity contribution in [2.75, 3.05) is 29.9 Å². The quantitative estimate of drug-likeness (QED) is 0.479. The zero-order valence-corrected chi connectivity index (χ0v) is 15.5. The summed E-state index contributed by atoms with van der Waals surface area (Å²) in [6, 6.07) is 5.76. The highest BCUT2D eigenvalue weighted by Crippen LogP contribution is 2.31. The van der Waals surface area contributed by atoms with Gasteiger partial charge in [-0.25, -0.2) is 4.79 Å². The number of hydroxylamine groups is 2. The van der Waals surface area contributed by atoms with Gasteiger partial charge in [-0.2, -0.15) is 0 Å². The fraction of sp³-hybridized carbons (Fsp3) is 0.556. The number of nitrogens with zero attached hydrogens (tertiary/aromatic N) is 2. The van der Waals surface area contributed by atoms with E-state index in [1.165, 1.54) is 6.92 Å². The highest BCUT2D eigenvalue weighted by atomic mass is 16.8. The van der Waals surface area contributed by atoms with Crippen LogP contribution in [0.2, 0.25) is 0 Å². The summed E-state index contributed by atoms with van der Waals surface area (Å²) in [6.45, 7) is 6.36. The number of ether oxygens (including phenoxy) is 1. The Morgan fingerprint density at radius 3 is 2.65 bits per heavy atom. The van der Waals surface area contributed by atoms with E-state index in [-0.39, 0.29) is 24.2 Å². The number of carbonyl (C=O) groups excluding carboxylic acids is 2. The summed E-state index contributed by atoms with van der Waals surface area (Å²) in [6.07, 6.45) is 1.32. The maximum atomic E-state index is 12.2. The van der Waals surface area contributed by atoms with Crippen LogP contribution in [-0.2, 0) is 20.7 Å². The molecule has 1 amide bonds. The first kappa shape index (κ1) is 20.2. The number of benzene rings is 1. The summed E-state index contributed by atoms with van der Waals surface area (Å²) in [5, 5.41) is 21.3. The number of hydrogen-bond acceptors (Lipinski definition) is 7. The van der Waals surface area contributed by atoms with Gasteiger partial charge in [0.15, 0.2) is 5.54 Å². The highest BCUT2D eigenvalue weighted by Gasteiger charge is 2.39. The second kappa shape index (κ2) is 8.48. The van der Waals surface area contributed by atoms with Gasteiger partial charge in [0.25, 0.3) is 0 Å². The van der Waals surface area contributed by atoms with Crippen molar-refractivity contribution in [3.8, 4) is 0 Å². The molecular weight excluding hydrogens is 338 g/mol. The standard InChI is InChI=1S/C18H27N3O5/c1-4-18(3,21(24)25)17(23)26-12-11-20(5-2)15-8-6-7-14-13(15)9-10-16(22)19-14/h6-8,24-25H,4-5,9-12H2,1-3H3,(H,19,22)/t18-/m1/s1. The molecule has 1 aliphatic rings. The minimum Gasteiger partial charge on any atom is -0.462 e. The van der Waals surface area contributed by atoms with Gasteiger partial charge in [-0.3, -0.25) is 15.2 Å². The molecule has 1 atom stereocenters. The van der Waals surface area contributed by atoms with Crippen LogP contribution in [0.5, 0.6) is 0 Å². The third-order valence-electron chi connectivity index (χ3n) is 4.91. The van der Waals surface area contributed by atoms with Crippen LogP contribution in [0.4, 0.5) is 11.4 Å². The number of nitrogens with one attached hydrogen (secondary N) is 1. The third kappa shape index (κ3) is 4.14. The average Bonchev–Trinajstić information content (AvgIpc) is 2.63. The number of hydrogen-bond donors (Lipinski definition) is 3. The van der Waals surface area contributed by atoms with Crippen molar-refractivity contribution < 1.29 is 24.7 Å². The summed E-state index contributed by atoms with van der Waals surface area (Å²) < 4.78 is 5.26. The monoisotopic (exact) mass is 365 g/mol. The van der Waals surface area contributed by atoms with Crippen LogP contribution in [0.25, 0.3) is 0 Å². The van der Waals surface area contributed by atoms with E-state index in [0.29, 0.717) is 25.9 Å². The second-order valence-electron chi connectivity index (χ2n) is 6.48. The van der Waals surface area contributed by atoms with Gasteiger partial charge in [0.05, 0.1) is 6.54 Å². The topological polar surface area (TPSA) is 102 Å². The zero-order chi connectivity index (χ0) is 19.3. The van der Waals surface area contributed by atoms with E-state index in [9.17, 15) is 20.0 Å². The molecular formula is C18H27N3O5. The number of fused-ring (bicyclic) bond motifs is 1. The van der Waals surface area contributed by atoms with E-state index in [1.807, 2.05) is 25.1 Å². The zero-order valence-electron chi connectivity index (χ0n) is 15.5. The Labute approximate surface area is 153 Å². The van der Waals surface area contributed by atoms with Crippen molar-refractivity contribution >= 4 is 23.3 Å². The molecule has 3 N–H and O–H groups in total. The lowest BCUT2D eigenvalue weighted by molar-refractivity contribution is -0.354. The van der Waals surface area contributed by atoms with Crippen molar-refractivity contribution in [2.45, 2.75) is 45.6 Å². The smallest absolute Gasteiger partial charge is 0.331 e. The number of likely N-dealkylation sites (N-methyl/N-ethyl adjacent to an activating group) is 1. The summed E-state index contributed by atoms with van der Waals surface area (Å²) in [5.41, 5.74) is 1.41. The number of rotatable bonds is 8. The van der Waals surface area contributed by atoms with Gasteiger partial charge in [-0.05, 0) is 44.4 Å². The Kier molecular flexibility index (Phi) is 6.57. The minimum atomic E-state index is -1.49. The lowest BCUT2D eigenvalue weighted by Crippen LogP contribution is -2.50. The fourth-order valence-corrected chi connectivity index (χ4v) is 2.92. The molecule has 0 radical (unpaired) electrons. The van der Waals surface area contributed by atoms with Gasteiger partial charge >= 0.3 is 5.97 Å². The van der Waals surface area contributed by atoms with Gasteiger partial charge in [0.1, 0.15) is 6.61 Å². The SMILES string of the molecule is CCN(CCOC(=O)[C@@](C)(CC)N(O)O)c1cccc2c1CCC(=O)N2. The summed E-state index contributed by atoms with van der Waals surface area (Å²) in [7, 11) is 0. The number of esters is 1.